The van der Waals surface area contributed by atoms with Crippen LogP contribution in [0.1, 0.15) is 20.3 Å². The van der Waals surface area contributed by atoms with E-state index in [0.29, 0.717) is 6.42 Å². The first-order valence-corrected chi connectivity index (χ1v) is 6.95. The van der Waals surface area contributed by atoms with Crippen LogP contribution in [0, 0.1) is 11.3 Å². The van der Waals surface area contributed by atoms with Crippen molar-refractivity contribution in [2.75, 3.05) is 18.0 Å². The van der Waals surface area contributed by atoms with E-state index in [1.807, 2.05) is 12.1 Å². The van der Waals surface area contributed by atoms with Gasteiger partial charge in [-0.05, 0) is 32.0 Å². The topological polar surface area (TPSA) is 39.1 Å². The van der Waals surface area contributed by atoms with Crippen molar-refractivity contribution < 1.29 is 0 Å². The van der Waals surface area contributed by atoms with Gasteiger partial charge in [-0.2, -0.15) is 5.26 Å². The van der Waals surface area contributed by atoms with Gasteiger partial charge in [-0.25, -0.2) is 0 Å². The summed E-state index contributed by atoms with van der Waals surface area (Å²) < 4.78 is 1.08. The normalized spacial score (nSPS) is 22.6. The van der Waals surface area contributed by atoms with Crippen molar-refractivity contribution >= 4 is 21.6 Å². The molecular formula is C14H18BrN3. The largest absolute Gasteiger partial charge is 0.364 e. The Morgan fingerprint density at radius 2 is 2.33 bits per heavy atom. The molecule has 2 rings (SSSR count). The van der Waals surface area contributed by atoms with Crippen LogP contribution in [0.2, 0.25) is 0 Å². The number of piperazine rings is 1. The van der Waals surface area contributed by atoms with Crippen molar-refractivity contribution in [1.82, 2.24) is 5.32 Å². The first-order chi connectivity index (χ1) is 8.52. The second-order valence-electron chi connectivity index (χ2n) is 5.39. The summed E-state index contributed by atoms with van der Waals surface area (Å²) in [7, 11) is 0. The van der Waals surface area contributed by atoms with Gasteiger partial charge < -0.3 is 10.2 Å². The molecule has 1 heterocycles. The lowest BCUT2D eigenvalue weighted by atomic mass is 9.97. The summed E-state index contributed by atoms with van der Waals surface area (Å²) in [5.41, 5.74) is 1.26. The Labute approximate surface area is 117 Å². The smallest absolute Gasteiger partial charge is 0.0643 e. The molecule has 1 unspecified atom stereocenters. The van der Waals surface area contributed by atoms with Crippen LogP contribution in [-0.2, 0) is 0 Å². The minimum absolute atomic E-state index is 0.0777. The molecule has 1 aromatic rings. The molecule has 0 aromatic heterocycles. The molecule has 0 aliphatic carbocycles. The average molecular weight is 308 g/mol. The lowest BCUT2D eigenvalue weighted by Crippen LogP contribution is -2.61. The van der Waals surface area contributed by atoms with Gasteiger partial charge in [-0.3, -0.25) is 0 Å². The second-order valence-corrected chi connectivity index (χ2v) is 6.30. The summed E-state index contributed by atoms with van der Waals surface area (Å²) in [6.45, 7) is 6.16. The van der Waals surface area contributed by atoms with E-state index in [1.54, 1.807) is 0 Å². The fraction of sp³-hybridized carbons (Fsp3) is 0.500. The lowest BCUT2D eigenvalue weighted by Gasteiger charge is -2.45. The van der Waals surface area contributed by atoms with Crippen LogP contribution >= 0.6 is 15.9 Å². The number of anilines is 1. The third-order valence-electron chi connectivity index (χ3n) is 3.29. The molecule has 0 spiro atoms. The molecule has 0 amide bonds. The first-order valence-electron chi connectivity index (χ1n) is 6.16. The minimum Gasteiger partial charge on any atom is -0.364 e. The van der Waals surface area contributed by atoms with Crippen LogP contribution in [0.5, 0.6) is 0 Å². The second kappa shape index (κ2) is 5.29. The molecule has 0 saturated carbocycles. The number of nitrogens with zero attached hydrogens (tertiary/aromatic N) is 2. The number of halogens is 1. The van der Waals surface area contributed by atoms with Gasteiger partial charge in [0.15, 0.2) is 0 Å². The third-order valence-corrected chi connectivity index (χ3v) is 3.78. The highest BCUT2D eigenvalue weighted by Gasteiger charge is 2.32. The Hall–Kier alpha value is -1.05. The van der Waals surface area contributed by atoms with Crippen molar-refractivity contribution in [1.29, 1.82) is 5.26 Å². The predicted octanol–water partition coefficient (Wildman–Crippen LogP) is 2.92. The molecule has 1 fully saturated rings. The van der Waals surface area contributed by atoms with E-state index >= 15 is 0 Å². The maximum absolute atomic E-state index is 8.95. The van der Waals surface area contributed by atoms with Crippen molar-refractivity contribution in [3.05, 3.63) is 28.7 Å². The van der Waals surface area contributed by atoms with E-state index in [9.17, 15) is 0 Å². The molecule has 96 valence electrons. The third kappa shape index (κ3) is 3.04. The van der Waals surface area contributed by atoms with E-state index in [4.69, 9.17) is 5.26 Å². The van der Waals surface area contributed by atoms with Gasteiger partial charge in [0, 0.05) is 28.8 Å². The molecule has 18 heavy (non-hydrogen) atoms. The van der Waals surface area contributed by atoms with Crippen molar-refractivity contribution in [3.63, 3.8) is 0 Å². The fourth-order valence-electron chi connectivity index (χ4n) is 2.36. The summed E-state index contributed by atoms with van der Waals surface area (Å²) in [6, 6.07) is 10.8. The predicted molar refractivity (Wildman–Crippen MR) is 77.6 cm³/mol. The van der Waals surface area contributed by atoms with E-state index in [2.05, 4.69) is 58.2 Å². The van der Waals surface area contributed by atoms with E-state index in [0.717, 1.165) is 17.6 Å². The van der Waals surface area contributed by atoms with E-state index in [1.165, 1.54) is 5.69 Å². The molecule has 4 heteroatoms. The highest BCUT2D eigenvalue weighted by molar-refractivity contribution is 9.10. The average Bonchev–Trinajstić information content (AvgIpc) is 2.31. The Kier molecular flexibility index (Phi) is 3.94. The Balaban J connectivity index is 2.27. The van der Waals surface area contributed by atoms with Crippen LogP contribution in [0.25, 0.3) is 0 Å². The maximum atomic E-state index is 8.95. The number of benzene rings is 1. The van der Waals surface area contributed by atoms with Gasteiger partial charge >= 0.3 is 0 Å². The summed E-state index contributed by atoms with van der Waals surface area (Å²) in [5, 5.41) is 12.5. The molecule has 1 N–H and O–H groups in total. The highest BCUT2D eigenvalue weighted by atomic mass is 79.9. The van der Waals surface area contributed by atoms with Gasteiger partial charge in [0.2, 0.25) is 0 Å². The van der Waals surface area contributed by atoms with Crippen molar-refractivity contribution in [2.45, 2.75) is 31.8 Å². The van der Waals surface area contributed by atoms with Crippen molar-refractivity contribution in [3.8, 4) is 6.07 Å². The summed E-state index contributed by atoms with van der Waals surface area (Å²) in [4.78, 5) is 2.34. The number of hydrogen-bond acceptors (Lipinski definition) is 3. The van der Waals surface area contributed by atoms with Crippen LogP contribution < -0.4 is 10.2 Å². The molecule has 0 radical (unpaired) electrons. The molecule has 1 saturated heterocycles. The molecule has 0 bridgehead atoms. The van der Waals surface area contributed by atoms with Crippen LogP contribution in [-0.4, -0.2) is 24.7 Å². The SMILES string of the molecule is CC1(C)CN(c2cccc(Br)c2)C(CC#N)CN1. The minimum atomic E-state index is 0.0777. The Bertz CT molecular complexity index is 464. The van der Waals surface area contributed by atoms with Gasteiger partial charge in [-0.1, -0.05) is 22.0 Å². The van der Waals surface area contributed by atoms with Gasteiger partial charge in [0.1, 0.15) is 0 Å². The Morgan fingerprint density at radius 3 is 3.00 bits per heavy atom. The maximum Gasteiger partial charge on any atom is 0.0643 e. The Morgan fingerprint density at radius 1 is 1.56 bits per heavy atom. The van der Waals surface area contributed by atoms with Gasteiger partial charge in [-0.15, -0.1) is 0 Å². The molecule has 1 atom stereocenters. The lowest BCUT2D eigenvalue weighted by molar-refractivity contribution is 0.311. The summed E-state index contributed by atoms with van der Waals surface area (Å²) >= 11 is 3.51. The molecule has 1 aliphatic heterocycles. The standard InChI is InChI=1S/C14H18BrN3/c1-14(2)10-18(13(6-7-16)9-17-14)12-5-3-4-11(15)8-12/h3-5,8,13,17H,6,9-10H2,1-2H3. The van der Waals surface area contributed by atoms with Gasteiger partial charge in [0.05, 0.1) is 18.5 Å². The summed E-state index contributed by atoms with van der Waals surface area (Å²) in [5.74, 6) is 0. The van der Waals surface area contributed by atoms with Crippen LogP contribution in [0.3, 0.4) is 0 Å². The summed E-state index contributed by atoms with van der Waals surface area (Å²) in [6.07, 6.45) is 0.551. The molecule has 1 aromatic carbocycles. The van der Waals surface area contributed by atoms with E-state index in [-0.39, 0.29) is 11.6 Å². The van der Waals surface area contributed by atoms with E-state index < -0.39 is 0 Å². The number of hydrogen-bond donors (Lipinski definition) is 1. The fourth-order valence-corrected chi connectivity index (χ4v) is 2.75. The zero-order chi connectivity index (χ0) is 13.2. The highest BCUT2D eigenvalue weighted by Crippen LogP contribution is 2.27. The quantitative estimate of drug-likeness (QED) is 0.913. The molecule has 3 nitrogen and oxygen atoms in total. The zero-order valence-corrected chi connectivity index (χ0v) is 12.4. The van der Waals surface area contributed by atoms with Gasteiger partial charge in [0.25, 0.3) is 0 Å². The number of nitriles is 1. The van der Waals surface area contributed by atoms with Crippen LogP contribution in [0.15, 0.2) is 28.7 Å². The number of nitrogens with one attached hydrogen (secondary N) is 1. The van der Waals surface area contributed by atoms with Crippen molar-refractivity contribution in [2.24, 2.45) is 0 Å². The number of rotatable bonds is 2. The first kappa shape index (κ1) is 13.4. The molecule has 1 aliphatic rings. The zero-order valence-electron chi connectivity index (χ0n) is 10.8. The monoisotopic (exact) mass is 307 g/mol. The van der Waals surface area contributed by atoms with Crippen LogP contribution in [0.4, 0.5) is 5.69 Å². The molecular weight excluding hydrogens is 290 g/mol.